The Bertz CT molecular complexity index is 628. The first-order valence-corrected chi connectivity index (χ1v) is 7.23. The minimum atomic E-state index is 0.412. The lowest BCUT2D eigenvalue weighted by Gasteiger charge is -2.08. The monoisotopic (exact) mass is 296 g/mol. The molecular weight excluding hydrogens is 284 g/mol. The van der Waals surface area contributed by atoms with Gasteiger partial charge >= 0.3 is 0 Å². The predicted molar refractivity (Wildman–Crippen MR) is 75.6 cm³/mol. The highest BCUT2D eigenvalue weighted by Crippen LogP contribution is 2.36. The van der Waals surface area contributed by atoms with E-state index in [4.69, 9.17) is 22.1 Å². The lowest BCUT2D eigenvalue weighted by atomic mass is 10.1. The summed E-state index contributed by atoms with van der Waals surface area (Å²) in [5.41, 5.74) is 7.92. The Labute approximate surface area is 120 Å². The number of aromatic nitrogens is 3. The Balaban J connectivity index is 1.83. The molecule has 1 aromatic heterocycles. The third-order valence-electron chi connectivity index (χ3n) is 3.05. The van der Waals surface area contributed by atoms with Crippen LogP contribution in [0.15, 0.2) is 17.3 Å². The summed E-state index contributed by atoms with van der Waals surface area (Å²) in [6, 6.07) is 3.91. The topological polar surface area (TPSA) is 66.0 Å². The van der Waals surface area contributed by atoms with Gasteiger partial charge in [-0.2, -0.15) is 0 Å². The van der Waals surface area contributed by atoms with Crippen LogP contribution in [0.4, 0.5) is 5.95 Å². The van der Waals surface area contributed by atoms with Crippen molar-refractivity contribution < 1.29 is 4.74 Å². The van der Waals surface area contributed by atoms with Crippen LogP contribution in [0.5, 0.6) is 5.75 Å². The van der Waals surface area contributed by atoms with Crippen molar-refractivity contribution in [2.45, 2.75) is 17.3 Å². The maximum Gasteiger partial charge on any atom is 0.222 e. The number of rotatable bonds is 3. The number of nitrogen functional groups attached to an aromatic ring is 1. The van der Waals surface area contributed by atoms with Crippen LogP contribution in [0.1, 0.15) is 11.1 Å². The highest BCUT2D eigenvalue weighted by Gasteiger charge is 2.18. The zero-order valence-electron chi connectivity index (χ0n) is 10.4. The number of benzene rings is 1. The van der Waals surface area contributed by atoms with Gasteiger partial charge in [-0.05, 0) is 17.7 Å². The van der Waals surface area contributed by atoms with Crippen molar-refractivity contribution in [2.75, 3.05) is 12.3 Å². The summed E-state index contributed by atoms with van der Waals surface area (Å²) >= 11 is 7.69. The normalized spacial score (nSPS) is 13.4. The molecule has 3 rings (SSSR count). The lowest BCUT2D eigenvalue weighted by Crippen LogP contribution is -1.98. The van der Waals surface area contributed by atoms with Crippen molar-refractivity contribution in [2.24, 2.45) is 7.05 Å². The van der Waals surface area contributed by atoms with E-state index < -0.39 is 0 Å². The Morgan fingerprint density at radius 1 is 1.47 bits per heavy atom. The fraction of sp³-hybridized carbons (Fsp3) is 0.333. The number of anilines is 1. The molecule has 2 N–H and O–H groups in total. The summed E-state index contributed by atoms with van der Waals surface area (Å²) in [5.74, 6) is 2.11. The van der Waals surface area contributed by atoms with Gasteiger partial charge in [0.1, 0.15) is 5.75 Å². The standard InChI is InChI=1S/C12H13ClN4OS/c1-17-11(14)15-16-12(17)19-6-8-5-9(13)4-7-2-3-18-10(7)8/h4-5H,2-3,6H2,1H3,(H2,14,15). The summed E-state index contributed by atoms with van der Waals surface area (Å²) in [5, 5.41) is 9.38. The molecule has 1 aromatic carbocycles. The van der Waals surface area contributed by atoms with Crippen molar-refractivity contribution in [3.8, 4) is 5.75 Å². The van der Waals surface area contributed by atoms with E-state index >= 15 is 0 Å². The molecule has 5 nitrogen and oxygen atoms in total. The summed E-state index contributed by atoms with van der Waals surface area (Å²) in [7, 11) is 1.84. The fourth-order valence-electron chi connectivity index (χ4n) is 2.05. The number of fused-ring (bicyclic) bond motifs is 1. The van der Waals surface area contributed by atoms with Crippen LogP contribution in [-0.4, -0.2) is 21.4 Å². The number of nitrogens with zero attached hydrogens (tertiary/aromatic N) is 3. The van der Waals surface area contributed by atoms with Gasteiger partial charge in [-0.1, -0.05) is 23.4 Å². The SMILES string of the molecule is Cn1c(N)nnc1SCc1cc(Cl)cc2c1OCC2. The van der Waals surface area contributed by atoms with Gasteiger partial charge in [0.05, 0.1) is 6.61 Å². The second kappa shape index (κ2) is 4.94. The zero-order valence-corrected chi connectivity index (χ0v) is 12.0. The molecule has 0 radical (unpaired) electrons. The molecule has 0 bridgehead atoms. The van der Waals surface area contributed by atoms with Gasteiger partial charge in [0.2, 0.25) is 5.95 Å². The average molecular weight is 297 g/mol. The van der Waals surface area contributed by atoms with Gasteiger partial charge in [-0.3, -0.25) is 4.57 Å². The largest absolute Gasteiger partial charge is 0.493 e. The zero-order chi connectivity index (χ0) is 13.4. The number of ether oxygens (including phenoxy) is 1. The molecule has 0 spiro atoms. The van der Waals surface area contributed by atoms with Crippen LogP contribution < -0.4 is 10.5 Å². The van der Waals surface area contributed by atoms with Crippen LogP contribution in [0.25, 0.3) is 0 Å². The van der Waals surface area contributed by atoms with Gasteiger partial charge in [-0.15, -0.1) is 10.2 Å². The molecule has 0 atom stereocenters. The third kappa shape index (κ3) is 2.37. The molecule has 7 heteroatoms. The lowest BCUT2D eigenvalue weighted by molar-refractivity contribution is 0.354. The highest BCUT2D eigenvalue weighted by molar-refractivity contribution is 7.98. The molecule has 100 valence electrons. The Hall–Kier alpha value is -1.40. The smallest absolute Gasteiger partial charge is 0.222 e. The molecule has 0 saturated heterocycles. The van der Waals surface area contributed by atoms with Crippen LogP contribution in [-0.2, 0) is 19.2 Å². The van der Waals surface area contributed by atoms with Crippen LogP contribution in [0.3, 0.4) is 0 Å². The van der Waals surface area contributed by atoms with E-state index in [1.54, 1.807) is 16.3 Å². The molecule has 0 unspecified atom stereocenters. The summed E-state index contributed by atoms with van der Waals surface area (Å²) in [4.78, 5) is 0. The molecule has 0 amide bonds. The quantitative estimate of drug-likeness (QED) is 0.880. The van der Waals surface area contributed by atoms with Crippen molar-refractivity contribution in [1.82, 2.24) is 14.8 Å². The second-order valence-electron chi connectivity index (χ2n) is 4.34. The van der Waals surface area contributed by atoms with E-state index in [-0.39, 0.29) is 0 Å². The summed E-state index contributed by atoms with van der Waals surface area (Å²) < 4.78 is 7.43. The Kier molecular flexibility index (Phi) is 3.28. The van der Waals surface area contributed by atoms with Crippen molar-refractivity contribution in [3.63, 3.8) is 0 Å². The highest BCUT2D eigenvalue weighted by atomic mass is 35.5. The number of nitrogens with two attached hydrogens (primary N) is 1. The number of thioether (sulfide) groups is 1. The fourth-order valence-corrected chi connectivity index (χ4v) is 3.20. The van der Waals surface area contributed by atoms with E-state index in [1.807, 2.05) is 19.2 Å². The van der Waals surface area contributed by atoms with Crippen molar-refractivity contribution in [3.05, 3.63) is 28.3 Å². The minimum Gasteiger partial charge on any atom is -0.493 e. The van der Waals surface area contributed by atoms with Gasteiger partial charge in [0, 0.05) is 29.8 Å². The molecule has 0 aliphatic carbocycles. The second-order valence-corrected chi connectivity index (χ2v) is 5.72. The maximum absolute atomic E-state index is 6.13. The minimum absolute atomic E-state index is 0.412. The van der Waals surface area contributed by atoms with Crippen molar-refractivity contribution in [1.29, 1.82) is 0 Å². The predicted octanol–water partition coefficient (Wildman–Crippen LogP) is 2.28. The first-order chi connectivity index (χ1) is 9.15. The molecule has 0 saturated carbocycles. The summed E-state index contributed by atoms with van der Waals surface area (Å²) in [6.45, 7) is 0.726. The van der Waals surface area contributed by atoms with E-state index in [0.29, 0.717) is 5.95 Å². The van der Waals surface area contributed by atoms with Crippen molar-refractivity contribution >= 4 is 29.3 Å². The van der Waals surface area contributed by atoms with Gasteiger partial charge in [-0.25, -0.2) is 0 Å². The molecule has 19 heavy (non-hydrogen) atoms. The molecule has 1 aliphatic heterocycles. The van der Waals surface area contributed by atoms with E-state index in [1.165, 1.54) is 5.56 Å². The summed E-state index contributed by atoms with van der Waals surface area (Å²) in [6.07, 6.45) is 0.921. The van der Waals surface area contributed by atoms with E-state index in [2.05, 4.69) is 10.2 Å². The molecular formula is C12H13ClN4OS. The van der Waals surface area contributed by atoms with Crippen LogP contribution >= 0.6 is 23.4 Å². The van der Waals surface area contributed by atoms with Gasteiger partial charge in [0.15, 0.2) is 5.16 Å². The first kappa shape index (κ1) is 12.6. The molecule has 0 fully saturated rings. The van der Waals surface area contributed by atoms with Gasteiger partial charge < -0.3 is 10.5 Å². The first-order valence-electron chi connectivity index (χ1n) is 5.87. The maximum atomic E-state index is 6.13. The third-order valence-corrected chi connectivity index (χ3v) is 4.34. The number of hydrogen-bond acceptors (Lipinski definition) is 5. The average Bonchev–Trinajstić information content (AvgIpc) is 2.96. The Morgan fingerprint density at radius 2 is 2.32 bits per heavy atom. The number of hydrogen-bond donors (Lipinski definition) is 1. The van der Waals surface area contributed by atoms with Crippen LogP contribution in [0, 0.1) is 0 Å². The molecule has 1 aliphatic rings. The van der Waals surface area contributed by atoms with Gasteiger partial charge in [0.25, 0.3) is 0 Å². The van der Waals surface area contributed by atoms with E-state index in [9.17, 15) is 0 Å². The molecule has 2 aromatic rings. The van der Waals surface area contributed by atoms with Crippen LogP contribution in [0.2, 0.25) is 5.02 Å². The van der Waals surface area contributed by atoms with E-state index in [0.717, 1.165) is 40.3 Å². The number of halogens is 1. The molecule has 2 heterocycles. The Morgan fingerprint density at radius 3 is 3.05 bits per heavy atom.